The second-order valence-electron chi connectivity index (χ2n) is 16.0. The summed E-state index contributed by atoms with van der Waals surface area (Å²) in [6.45, 7) is 16.8. The molecule has 11 nitrogen and oxygen atoms in total. The molecule has 3 aromatic rings. The molecule has 0 saturated carbocycles. The molecule has 0 bridgehead atoms. The van der Waals surface area contributed by atoms with E-state index in [0.29, 0.717) is 26.1 Å². The molecule has 0 saturated heterocycles. The average Bonchev–Trinajstić information content (AvgIpc) is 3.52. The summed E-state index contributed by atoms with van der Waals surface area (Å²) in [6, 6.07) is 15.8. The SMILES string of the molecule is CCCC(C)(C)CC=[N+](C)C(=O)C(C)(C)CCOC(C)(C)CNC(=O)CCC(=O)N1Cc2ccccc2-c2c(nnn2CCNC)-c2ccccc21. The van der Waals surface area contributed by atoms with E-state index in [1.807, 2.05) is 101 Å². The number of ether oxygens (including phenoxy) is 1. The number of nitrogens with zero attached hydrogens (tertiary/aromatic N) is 5. The second kappa shape index (κ2) is 17.5. The van der Waals surface area contributed by atoms with Gasteiger partial charge >= 0.3 is 5.91 Å². The molecule has 2 aromatic carbocycles. The van der Waals surface area contributed by atoms with Gasteiger partial charge in [-0.3, -0.25) is 9.59 Å². The zero-order valence-corrected chi connectivity index (χ0v) is 32.8. The Morgan fingerprint density at radius 2 is 1.65 bits per heavy atom. The maximum atomic E-state index is 13.9. The van der Waals surface area contributed by atoms with Gasteiger partial charge in [0.05, 0.1) is 35.5 Å². The fourth-order valence-electron chi connectivity index (χ4n) is 6.63. The van der Waals surface area contributed by atoms with E-state index in [2.05, 4.69) is 41.7 Å². The number of amides is 3. The Morgan fingerprint density at radius 3 is 2.37 bits per heavy atom. The number of aromatic nitrogens is 3. The summed E-state index contributed by atoms with van der Waals surface area (Å²) in [5, 5.41) is 15.2. The van der Waals surface area contributed by atoms with Crippen LogP contribution in [0.25, 0.3) is 22.5 Å². The number of anilines is 1. The highest BCUT2D eigenvalue weighted by Crippen LogP contribution is 2.41. The number of carbonyl (C=O) groups excluding carboxylic acids is 3. The minimum Gasteiger partial charge on any atom is -0.374 e. The number of fused-ring (bicyclic) bond motifs is 5. The lowest BCUT2D eigenvalue weighted by atomic mass is 9.85. The van der Waals surface area contributed by atoms with Crippen molar-refractivity contribution in [3.05, 3.63) is 54.1 Å². The molecule has 1 aromatic heterocycles. The molecule has 1 aliphatic rings. The molecule has 0 atom stereocenters. The Kier molecular flexibility index (Phi) is 13.7. The van der Waals surface area contributed by atoms with E-state index in [1.165, 1.54) is 0 Å². The molecule has 0 fully saturated rings. The third-order valence-corrected chi connectivity index (χ3v) is 9.90. The molecule has 4 rings (SSSR count). The van der Waals surface area contributed by atoms with Gasteiger partial charge in [0.15, 0.2) is 0 Å². The lowest BCUT2D eigenvalue weighted by Gasteiger charge is -2.29. The van der Waals surface area contributed by atoms with Gasteiger partial charge in [-0.05, 0) is 64.6 Å². The van der Waals surface area contributed by atoms with Crippen molar-refractivity contribution in [1.82, 2.24) is 25.6 Å². The summed E-state index contributed by atoms with van der Waals surface area (Å²) in [5.41, 5.74) is 4.07. The van der Waals surface area contributed by atoms with Crippen molar-refractivity contribution in [2.24, 2.45) is 10.8 Å². The Morgan fingerprint density at radius 1 is 0.962 bits per heavy atom. The van der Waals surface area contributed by atoms with Gasteiger partial charge in [-0.1, -0.05) is 74.9 Å². The van der Waals surface area contributed by atoms with Crippen LogP contribution >= 0.6 is 0 Å². The third kappa shape index (κ3) is 10.4. The molecular formula is C41H60N7O4+. The number of nitrogens with one attached hydrogen (secondary N) is 2. The van der Waals surface area contributed by atoms with Crippen LogP contribution in [-0.2, 0) is 32.2 Å². The van der Waals surface area contributed by atoms with E-state index < -0.39 is 11.0 Å². The highest BCUT2D eigenvalue weighted by Gasteiger charge is 2.36. The molecule has 11 heteroatoms. The summed E-state index contributed by atoms with van der Waals surface area (Å²) in [7, 11) is 3.74. The lowest BCUT2D eigenvalue weighted by Crippen LogP contribution is -2.42. The van der Waals surface area contributed by atoms with Crippen LogP contribution in [0.5, 0.6) is 0 Å². The van der Waals surface area contributed by atoms with E-state index in [4.69, 9.17) is 4.74 Å². The van der Waals surface area contributed by atoms with Crippen LogP contribution in [-0.4, -0.2) is 82.9 Å². The zero-order valence-electron chi connectivity index (χ0n) is 32.8. The number of rotatable bonds is 17. The Labute approximate surface area is 310 Å². The number of carbonyl (C=O) groups is 3. The first kappa shape index (κ1) is 40.5. The van der Waals surface area contributed by atoms with Gasteiger partial charge in [-0.2, -0.15) is 4.58 Å². The molecule has 3 amide bonds. The predicted molar refractivity (Wildman–Crippen MR) is 207 cm³/mol. The molecular weight excluding hydrogens is 654 g/mol. The predicted octanol–water partition coefficient (Wildman–Crippen LogP) is 6.24. The van der Waals surface area contributed by atoms with Crippen molar-refractivity contribution >= 4 is 29.6 Å². The Balaban J connectivity index is 1.34. The molecule has 52 heavy (non-hydrogen) atoms. The van der Waals surface area contributed by atoms with Gasteiger partial charge in [0, 0.05) is 50.1 Å². The van der Waals surface area contributed by atoms with E-state index in [1.54, 1.807) is 9.48 Å². The molecule has 1 aliphatic heterocycles. The van der Waals surface area contributed by atoms with Crippen LogP contribution in [0.4, 0.5) is 5.69 Å². The Hall–Kier alpha value is -4.22. The number of para-hydroxylation sites is 1. The van der Waals surface area contributed by atoms with Crippen LogP contribution < -0.4 is 15.5 Å². The summed E-state index contributed by atoms with van der Waals surface area (Å²) < 4.78 is 9.82. The van der Waals surface area contributed by atoms with E-state index in [-0.39, 0.29) is 42.5 Å². The zero-order chi connectivity index (χ0) is 38.1. The van der Waals surface area contributed by atoms with Gasteiger partial charge < -0.3 is 20.3 Å². The van der Waals surface area contributed by atoms with Crippen LogP contribution in [0.15, 0.2) is 48.5 Å². The molecule has 2 N–H and O–H groups in total. The van der Waals surface area contributed by atoms with Gasteiger partial charge in [-0.15, -0.1) is 5.10 Å². The van der Waals surface area contributed by atoms with Crippen molar-refractivity contribution < 1.29 is 23.7 Å². The van der Waals surface area contributed by atoms with Crippen molar-refractivity contribution in [3.63, 3.8) is 0 Å². The molecule has 0 radical (unpaired) electrons. The topological polar surface area (TPSA) is 121 Å². The summed E-state index contributed by atoms with van der Waals surface area (Å²) >= 11 is 0. The quantitative estimate of drug-likeness (QED) is 0.125. The largest absolute Gasteiger partial charge is 0.392 e. The van der Waals surface area contributed by atoms with E-state index in [9.17, 15) is 14.4 Å². The fourth-order valence-corrected chi connectivity index (χ4v) is 6.63. The summed E-state index contributed by atoms with van der Waals surface area (Å²) in [4.78, 5) is 42.0. The van der Waals surface area contributed by atoms with Gasteiger partial charge in [0.25, 0.3) is 0 Å². The summed E-state index contributed by atoms with van der Waals surface area (Å²) in [6.07, 6.45) is 5.70. The smallest absolute Gasteiger partial charge is 0.374 e. The van der Waals surface area contributed by atoms with E-state index >= 15 is 0 Å². The first-order valence-electron chi connectivity index (χ1n) is 18.7. The highest BCUT2D eigenvalue weighted by atomic mass is 16.5. The molecule has 2 heterocycles. The third-order valence-electron chi connectivity index (χ3n) is 9.90. The van der Waals surface area contributed by atoms with Crippen molar-refractivity contribution in [3.8, 4) is 22.5 Å². The van der Waals surface area contributed by atoms with Crippen molar-refractivity contribution in [2.45, 2.75) is 106 Å². The first-order chi connectivity index (χ1) is 24.6. The van der Waals surface area contributed by atoms with Crippen molar-refractivity contribution in [2.75, 3.05) is 38.7 Å². The number of hydrogen-bond acceptors (Lipinski definition) is 7. The molecule has 0 spiro atoms. The maximum Gasteiger partial charge on any atom is 0.392 e. The van der Waals surface area contributed by atoms with Crippen LogP contribution in [0.1, 0.15) is 92.6 Å². The highest BCUT2D eigenvalue weighted by molar-refractivity contribution is 6.01. The molecule has 0 aliphatic carbocycles. The van der Waals surface area contributed by atoms with Crippen molar-refractivity contribution in [1.29, 1.82) is 0 Å². The monoisotopic (exact) mass is 714 g/mol. The summed E-state index contributed by atoms with van der Waals surface area (Å²) in [5.74, 6) is -0.317. The standard InChI is InChI=1S/C41H59N7O4/c1-10-21-39(2,3)22-25-46(9)38(51)40(4,5)23-27-52-41(6,7)29-43-34(49)19-20-35(50)47-28-30-15-11-12-16-31(30)37-36(32-17-13-14-18-33(32)47)44-45-48(37)26-24-42-8/h11-18,25,42H,10,19-24,26-29H2,1-9H3/p+1. The van der Waals surface area contributed by atoms with Crippen LogP contribution in [0.2, 0.25) is 0 Å². The molecule has 0 unspecified atom stereocenters. The lowest BCUT2D eigenvalue weighted by molar-refractivity contribution is -0.424. The second-order valence-corrected chi connectivity index (χ2v) is 16.0. The first-order valence-corrected chi connectivity index (χ1v) is 18.7. The maximum absolute atomic E-state index is 13.9. The number of likely N-dealkylation sites (N-methyl/N-ethyl adjacent to an activating group) is 1. The fraction of sp³-hybridized carbons (Fsp3) is 0.561. The van der Waals surface area contributed by atoms with Gasteiger partial charge in [-0.25, -0.2) is 9.48 Å². The van der Waals surface area contributed by atoms with Crippen LogP contribution in [0, 0.1) is 10.8 Å². The van der Waals surface area contributed by atoms with Gasteiger partial charge in [0.1, 0.15) is 19.0 Å². The minimum absolute atomic E-state index is 0.0418. The van der Waals surface area contributed by atoms with Crippen LogP contribution in [0.3, 0.4) is 0 Å². The average molecular weight is 715 g/mol. The normalized spacial score (nSPS) is 13.5. The van der Waals surface area contributed by atoms with E-state index in [0.717, 1.165) is 59.6 Å². The minimum atomic E-state index is -0.658. The van der Waals surface area contributed by atoms with Gasteiger partial charge in [0.2, 0.25) is 11.8 Å². The molecule has 282 valence electrons. The Bertz CT molecular complexity index is 1740. The number of hydrogen-bond donors (Lipinski definition) is 2. The number of benzene rings is 2.